The SMILES string of the molecule is CN(C)C1(c2ccccc2)CCC(Cc2cc(F)cc(O[C@@H]3CN[C@H](C(=O)O)C3)c2)CC1. The van der Waals surface area contributed by atoms with E-state index in [2.05, 4.69) is 54.6 Å². The van der Waals surface area contributed by atoms with Gasteiger partial charge in [0.15, 0.2) is 0 Å². The largest absolute Gasteiger partial charge is 0.489 e. The van der Waals surface area contributed by atoms with Crippen LogP contribution in [0.3, 0.4) is 0 Å². The maximum absolute atomic E-state index is 14.3. The fourth-order valence-corrected chi connectivity index (χ4v) is 5.42. The van der Waals surface area contributed by atoms with E-state index in [1.165, 1.54) is 11.6 Å². The number of rotatable bonds is 7. The summed E-state index contributed by atoms with van der Waals surface area (Å²) in [5.41, 5.74) is 2.38. The molecular formula is C26H33FN2O3. The van der Waals surface area contributed by atoms with E-state index in [4.69, 9.17) is 9.84 Å². The highest BCUT2D eigenvalue weighted by Gasteiger charge is 2.38. The molecule has 0 amide bonds. The van der Waals surface area contributed by atoms with Crippen LogP contribution in [0.5, 0.6) is 5.75 Å². The Kier molecular flexibility index (Phi) is 6.82. The van der Waals surface area contributed by atoms with Crippen LogP contribution in [0.15, 0.2) is 48.5 Å². The van der Waals surface area contributed by atoms with Crippen LogP contribution in [0, 0.1) is 11.7 Å². The van der Waals surface area contributed by atoms with E-state index in [0.29, 0.717) is 24.6 Å². The van der Waals surface area contributed by atoms with Gasteiger partial charge in [0.25, 0.3) is 0 Å². The molecule has 2 aromatic rings. The number of carbonyl (C=O) groups is 1. The third-order valence-electron chi connectivity index (χ3n) is 7.25. The quantitative estimate of drug-likeness (QED) is 0.675. The molecular weight excluding hydrogens is 407 g/mol. The Morgan fingerprint density at radius 1 is 1.19 bits per heavy atom. The van der Waals surface area contributed by atoms with Crippen LogP contribution in [-0.2, 0) is 16.8 Å². The third-order valence-corrected chi connectivity index (χ3v) is 7.25. The van der Waals surface area contributed by atoms with Crippen LogP contribution in [0.25, 0.3) is 0 Å². The molecule has 32 heavy (non-hydrogen) atoms. The van der Waals surface area contributed by atoms with Crippen molar-refractivity contribution in [3.8, 4) is 5.75 Å². The molecule has 1 saturated carbocycles. The first-order chi connectivity index (χ1) is 15.4. The monoisotopic (exact) mass is 440 g/mol. The molecule has 1 aliphatic heterocycles. The molecule has 2 N–H and O–H groups in total. The normalized spacial score (nSPS) is 28.1. The molecule has 6 heteroatoms. The number of carboxylic acids is 1. The highest BCUT2D eigenvalue weighted by Crippen LogP contribution is 2.44. The zero-order chi connectivity index (χ0) is 22.7. The molecule has 2 aromatic carbocycles. The van der Waals surface area contributed by atoms with Gasteiger partial charge in [-0.3, -0.25) is 9.69 Å². The van der Waals surface area contributed by atoms with Crippen LogP contribution in [-0.4, -0.2) is 48.8 Å². The number of aliphatic carboxylic acids is 1. The van der Waals surface area contributed by atoms with Gasteiger partial charge < -0.3 is 15.2 Å². The second-order valence-electron chi connectivity index (χ2n) is 9.51. The first kappa shape index (κ1) is 22.7. The summed E-state index contributed by atoms with van der Waals surface area (Å²) in [6.07, 6.45) is 5.30. The van der Waals surface area contributed by atoms with Crippen molar-refractivity contribution in [1.82, 2.24) is 10.2 Å². The Morgan fingerprint density at radius 3 is 2.53 bits per heavy atom. The van der Waals surface area contributed by atoms with Gasteiger partial charge in [0.1, 0.15) is 23.7 Å². The van der Waals surface area contributed by atoms with Crippen molar-refractivity contribution in [3.63, 3.8) is 0 Å². The number of hydrogen-bond donors (Lipinski definition) is 2. The zero-order valence-electron chi connectivity index (χ0n) is 18.9. The topological polar surface area (TPSA) is 61.8 Å². The van der Waals surface area contributed by atoms with Gasteiger partial charge in [0, 0.05) is 24.6 Å². The van der Waals surface area contributed by atoms with Crippen LogP contribution in [0.2, 0.25) is 0 Å². The van der Waals surface area contributed by atoms with E-state index in [1.54, 1.807) is 6.07 Å². The lowest BCUT2D eigenvalue weighted by Gasteiger charge is -2.45. The molecule has 0 bridgehead atoms. The smallest absolute Gasteiger partial charge is 0.320 e. The van der Waals surface area contributed by atoms with E-state index in [9.17, 15) is 9.18 Å². The minimum atomic E-state index is -0.877. The van der Waals surface area contributed by atoms with E-state index >= 15 is 0 Å². The summed E-state index contributed by atoms with van der Waals surface area (Å²) in [5, 5.41) is 12.1. The van der Waals surface area contributed by atoms with Crippen molar-refractivity contribution in [2.45, 2.75) is 56.2 Å². The summed E-state index contributed by atoms with van der Waals surface area (Å²) < 4.78 is 20.2. The van der Waals surface area contributed by atoms with Crippen molar-refractivity contribution in [1.29, 1.82) is 0 Å². The molecule has 2 atom stereocenters. The molecule has 1 heterocycles. The number of nitrogens with zero attached hydrogens (tertiary/aromatic N) is 1. The highest BCUT2D eigenvalue weighted by atomic mass is 19.1. The number of hydrogen-bond acceptors (Lipinski definition) is 4. The van der Waals surface area contributed by atoms with Gasteiger partial charge in [-0.25, -0.2) is 4.39 Å². The summed E-state index contributed by atoms with van der Waals surface area (Å²) in [6.45, 7) is 0.456. The standard InChI is InChI=1S/C26H33FN2O3/c1-29(2)26(20-6-4-3-5-7-20)10-8-18(9-11-26)12-19-13-21(27)15-22(14-19)32-23-16-24(25(30)31)28-17-23/h3-7,13-15,18,23-24,28H,8-12,16-17H2,1-2H3,(H,30,31)/t18?,23-,24-,26?/m0/s1. The van der Waals surface area contributed by atoms with Crippen LogP contribution in [0.4, 0.5) is 4.39 Å². The lowest BCUT2D eigenvalue weighted by molar-refractivity contribution is -0.139. The first-order valence-electron chi connectivity index (χ1n) is 11.5. The Hall–Kier alpha value is -2.44. The molecule has 0 aromatic heterocycles. The van der Waals surface area contributed by atoms with Crippen molar-refractivity contribution >= 4 is 5.97 Å². The van der Waals surface area contributed by atoms with Gasteiger partial charge in [-0.15, -0.1) is 0 Å². The van der Waals surface area contributed by atoms with E-state index < -0.39 is 12.0 Å². The fraction of sp³-hybridized carbons (Fsp3) is 0.500. The lowest BCUT2D eigenvalue weighted by Crippen LogP contribution is -2.44. The van der Waals surface area contributed by atoms with Gasteiger partial charge in [-0.05, 0) is 75.4 Å². The molecule has 2 fully saturated rings. The summed E-state index contributed by atoms with van der Waals surface area (Å²) in [7, 11) is 4.33. The van der Waals surface area contributed by atoms with Crippen LogP contribution >= 0.6 is 0 Å². The Morgan fingerprint density at radius 2 is 1.91 bits per heavy atom. The van der Waals surface area contributed by atoms with E-state index in [1.807, 2.05) is 6.07 Å². The lowest BCUT2D eigenvalue weighted by atomic mass is 9.70. The van der Waals surface area contributed by atoms with Crippen molar-refractivity contribution in [2.75, 3.05) is 20.6 Å². The van der Waals surface area contributed by atoms with Gasteiger partial charge in [-0.1, -0.05) is 30.3 Å². The summed E-state index contributed by atoms with van der Waals surface area (Å²) >= 11 is 0. The van der Waals surface area contributed by atoms with E-state index in [-0.39, 0.29) is 17.5 Å². The van der Waals surface area contributed by atoms with Crippen molar-refractivity contribution in [3.05, 3.63) is 65.5 Å². The minimum Gasteiger partial charge on any atom is -0.489 e. The summed E-state index contributed by atoms with van der Waals surface area (Å²) in [4.78, 5) is 13.5. The maximum atomic E-state index is 14.3. The van der Waals surface area contributed by atoms with Crippen LogP contribution in [0.1, 0.15) is 43.2 Å². The molecule has 172 valence electrons. The third kappa shape index (κ3) is 4.97. The maximum Gasteiger partial charge on any atom is 0.320 e. The average molecular weight is 441 g/mol. The van der Waals surface area contributed by atoms with Gasteiger partial charge in [-0.2, -0.15) is 0 Å². The number of nitrogens with one attached hydrogen (secondary N) is 1. The van der Waals surface area contributed by atoms with Crippen LogP contribution < -0.4 is 10.1 Å². The van der Waals surface area contributed by atoms with Crippen molar-refractivity contribution < 1.29 is 19.0 Å². The second kappa shape index (κ2) is 9.59. The number of halogens is 1. The summed E-state index contributed by atoms with van der Waals surface area (Å²) in [6, 6.07) is 15.0. The fourth-order valence-electron chi connectivity index (χ4n) is 5.42. The molecule has 0 spiro atoms. The first-order valence-corrected chi connectivity index (χ1v) is 11.5. The van der Waals surface area contributed by atoms with Gasteiger partial charge >= 0.3 is 5.97 Å². The van der Waals surface area contributed by atoms with Crippen molar-refractivity contribution in [2.24, 2.45) is 5.92 Å². The number of benzene rings is 2. The zero-order valence-corrected chi connectivity index (χ0v) is 18.9. The molecule has 1 aliphatic carbocycles. The molecule has 4 rings (SSSR count). The predicted octanol–water partition coefficient (Wildman–Crippen LogP) is 4.21. The van der Waals surface area contributed by atoms with Gasteiger partial charge in [0.2, 0.25) is 0 Å². The summed E-state index contributed by atoms with van der Waals surface area (Å²) in [5.74, 6) is -0.190. The molecule has 1 saturated heterocycles. The molecule has 0 radical (unpaired) electrons. The van der Waals surface area contributed by atoms with Gasteiger partial charge in [0.05, 0.1) is 0 Å². The Labute approximate surface area is 189 Å². The number of ether oxygens (including phenoxy) is 1. The predicted molar refractivity (Wildman–Crippen MR) is 122 cm³/mol. The Bertz CT molecular complexity index is 926. The average Bonchev–Trinajstić information content (AvgIpc) is 3.23. The highest BCUT2D eigenvalue weighted by molar-refractivity contribution is 5.73. The van der Waals surface area contributed by atoms with E-state index in [0.717, 1.165) is 37.7 Å². The number of carboxylic acid groups (broad SMARTS) is 1. The minimum absolute atomic E-state index is 0.0596. The molecule has 0 unspecified atom stereocenters. The second-order valence-corrected chi connectivity index (χ2v) is 9.51. The molecule has 5 nitrogen and oxygen atoms in total. The molecule has 2 aliphatic rings. The Balaban J connectivity index is 1.39.